The maximum absolute atomic E-state index is 11.7. The highest BCUT2D eigenvalue weighted by atomic mass is 16.2. The molecule has 3 N–H and O–H groups in total. The van der Waals surface area contributed by atoms with Gasteiger partial charge in [0.15, 0.2) is 0 Å². The molecule has 6 nitrogen and oxygen atoms in total. The zero-order chi connectivity index (χ0) is 13.0. The second-order valence-corrected chi connectivity index (χ2v) is 4.00. The number of carbonyl (C=O) groups is 1. The molecule has 0 aromatic carbocycles. The van der Waals surface area contributed by atoms with Gasteiger partial charge in [-0.15, -0.1) is 0 Å². The zero-order valence-corrected chi connectivity index (χ0v) is 10.0. The Kier molecular flexibility index (Phi) is 4.25. The normalized spacial score (nSPS) is 12.4. The number of amides is 1. The van der Waals surface area contributed by atoms with Crippen LogP contribution < -0.4 is 17.0 Å². The van der Waals surface area contributed by atoms with Gasteiger partial charge in [-0.2, -0.15) is 0 Å². The Bertz CT molecular complexity index is 484. The summed E-state index contributed by atoms with van der Waals surface area (Å²) in [6.07, 6.45) is 1.65. The van der Waals surface area contributed by atoms with Gasteiger partial charge < -0.3 is 10.7 Å². The van der Waals surface area contributed by atoms with E-state index in [2.05, 4.69) is 4.98 Å². The van der Waals surface area contributed by atoms with E-state index in [4.69, 9.17) is 5.73 Å². The number of hydrogen-bond donors (Lipinski definition) is 2. The quantitative estimate of drug-likeness (QED) is 0.752. The molecule has 94 valence electrons. The third kappa shape index (κ3) is 3.05. The molecule has 0 saturated heterocycles. The number of hydrogen-bond acceptors (Lipinski definition) is 3. The van der Waals surface area contributed by atoms with Crippen molar-refractivity contribution >= 4 is 5.91 Å². The molecule has 1 unspecified atom stereocenters. The van der Waals surface area contributed by atoms with Crippen molar-refractivity contribution in [3.63, 3.8) is 0 Å². The molecule has 1 amide bonds. The number of aromatic nitrogens is 2. The molecule has 0 radical (unpaired) electrons. The highest BCUT2D eigenvalue weighted by Gasteiger charge is 2.14. The maximum Gasteiger partial charge on any atom is 0.328 e. The number of carbonyl (C=O) groups excluding carboxylic acids is 1. The van der Waals surface area contributed by atoms with Gasteiger partial charge in [0, 0.05) is 18.3 Å². The summed E-state index contributed by atoms with van der Waals surface area (Å²) in [5, 5.41) is 0. The van der Waals surface area contributed by atoms with Crippen molar-refractivity contribution in [2.75, 3.05) is 0 Å². The van der Waals surface area contributed by atoms with Gasteiger partial charge in [0.25, 0.3) is 5.56 Å². The van der Waals surface area contributed by atoms with Gasteiger partial charge in [-0.25, -0.2) is 4.79 Å². The first-order chi connectivity index (χ1) is 7.97. The first kappa shape index (κ1) is 13.2. The van der Waals surface area contributed by atoms with E-state index in [0.29, 0.717) is 6.54 Å². The largest absolute Gasteiger partial charge is 0.369 e. The number of unbranched alkanes of at least 4 members (excludes halogenated alkanes) is 1. The molecule has 0 spiro atoms. The van der Waals surface area contributed by atoms with Crippen LogP contribution in [0, 0.1) is 0 Å². The van der Waals surface area contributed by atoms with Gasteiger partial charge in [0.2, 0.25) is 5.91 Å². The third-order valence-electron chi connectivity index (χ3n) is 2.67. The minimum Gasteiger partial charge on any atom is -0.369 e. The molecule has 0 saturated carbocycles. The van der Waals surface area contributed by atoms with Crippen LogP contribution in [-0.2, 0) is 11.3 Å². The van der Waals surface area contributed by atoms with Crippen molar-refractivity contribution in [1.82, 2.24) is 9.55 Å². The van der Waals surface area contributed by atoms with Gasteiger partial charge in [-0.1, -0.05) is 13.3 Å². The van der Waals surface area contributed by atoms with Crippen LogP contribution >= 0.6 is 0 Å². The topological polar surface area (TPSA) is 97.9 Å². The number of aromatic amines is 1. The van der Waals surface area contributed by atoms with Crippen molar-refractivity contribution in [3.05, 3.63) is 32.6 Å². The number of primary amides is 1. The Balaban J connectivity index is 3.14. The highest BCUT2D eigenvalue weighted by molar-refractivity contribution is 5.80. The van der Waals surface area contributed by atoms with Gasteiger partial charge in [0.05, 0.1) is 5.92 Å². The van der Waals surface area contributed by atoms with Gasteiger partial charge in [0.1, 0.15) is 0 Å². The first-order valence-corrected chi connectivity index (χ1v) is 5.60. The molecular weight excluding hydrogens is 222 g/mol. The molecule has 1 rings (SSSR count). The fraction of sp³-hybridized carbons (Fsp3) is 0.545. The Morgan fingerprint density at radius 3 is 2.65 bits per heavy atom. The van der Waals surface area contributed by atoms with Gasteiger partial charge in [-0.05, 0) is 13.3 Å². The van der Waals surface area contributed by atoms with E-state index in [9.17, 15) is 14.4 Å². The van der Waals surface area contributed by atoms with Crippen LogP contribution in [0.2, 0.25) is 0 Å². The second kappa shape index (κ2) is 5.47. The molecule has 6 heteroatoms. The number of nitrogens with zero attached hydrogens (tertiary/aromatic N) is 1. The highest BCUT2D eigenvalue weighted by Crippen LogP contribution is 2.07. The summed E-state index contributed by atoms with van der Waals surface area (Å²) in [5.41, 5.74) is 4.49. The van der Waals surface area contributed by atoms with E-state index in [1.807, 2.05) is 6.92 Å². The number of rotatable bonds is 5. The fourth-order valence-electron chi connectivity index (χ4n) is 1.45. The molecule has 1 aromatic rings. The lowest BCUT2D eigenvalue weighted by Gasteiger charge is -2.09. The smallest absolute Gasteiger partial charge is 0.328 e. The van der Waals surface area contributed by atoms with E-state index in [-0.39, 0.29) is 5.69 Å². The van der Waals surface area contributed by atoms with Gasteiger partial charge >= 0.3 is 5.69 Å². The standard InChI is InChI=1S/C11H17N3O3/c1-3-4-5-14-9(15)6-8(13-11(14)17)7(2)10(12)16/h6-7H,3-5H2,1-2H3,(H2,12,16)(H,13,17). The summed E-state index contributed by atoms with van der Waals surface area (Å²) in [6, 6.07) is 1.26. The monoisotopic (exact) mass is 239 g/mol. The Labute approximate surface area is 98.5 Å². The molecule has 0 aliphatic rings. The third-order valence-corrected chi connectivity index (χ3v) is 2.67. The average Bonchev–Trinajstić information content (AvgIpc) is 2.26. The van der Waals surface area contributed by atoms with Crippen molar-refractivity contribution in [1.29, 1.82) is 0 Å². The van der Waals surface area contributed by atoms with Crippen LogP contribution in [0.15, 0.2) is 15.7 Å². The van der Waals surface area contributed by atoms with E-state index < -0.39 is 23.1 Å². The van der Waals surface area contributed by atoms with Crippen molar-refractivity contribution in [2.24, 2.45) is 5.73 Å². The molecular formula is C11H17N3O3. The molecule has 1 aromatic heterocycles. The molecule has 0 aliphatic carbocycles. The fourth-order valence-corrected chi connectivity index (χ4v) is 1.45. The Morgan fingerprint density at radius 2 is 2.18 bits per heavy atom. The van der Waals surface area contributed by atoms with Crippen molar-refractivity contribution in [2.45, 2.75) is 39.2 Å². The minimum absolute atomic E-state index is 0.264. The van der Waals surface area contributed by atoms with E-state index in [1.54, 1.807) is 6.92 Å². The van der Waals surface area contributed by atoms with Crippen molar-refractivity contribution < 1.29 is 4.79 Å². The summed E-state index contributed by atoms with van der Waals surface area (Å²) in [4.78, 5) is 36.8. The molecule has 1 atom stereocenters. The molecule has 0 fully saturated rings. The number of nitrogens with one attached hydrogen (secondary N) is 1. The Morgan fingerprint density at radius 1 is 1.53 bits per heavy atom. The van der Waals surface area contributed by atoms with Crippen LogP contribution in [0.25, 0.3) is 0 Å². The average molecular weight is 239 g/mol. The number of H-pyrrole nitrogens is 1. The summed E-state index contributed by atoms with van der Waals surface area (Å²) in [5.74, 6) is -1.25. The second-order valence-electron chi connectivity index (χ2n) is 4.00. The van der Waals surface area contributed by atoms with E-state index in [1.165, 1.54) is 6.07 Å². The van der Waals surface area contributed by atoms with Crippen LogP contribution in [0.5, 0.6) is 0 Å². The number of nitrogens with two attached hydrogens (primary N) is 1. The lowest BCUT2D eigenvalue weighted by Crippen LogP contribution is -2.37. The summed E-state index contributed by atoms with van der Waals surface area (Å²) < 4.78 is 1.13. The molecule has 0 aliphatic heterocycles. The molecule has 17 heavy (non-hydrogen) atoms. The zero-order valence-electron chi connectivity index (χ0n) is 10.0. The van der Waals surface area contributed by atoms with E-state index in [0.717, 1.165) is 17.4 Å². The lowest BCUT2D eigenvalue weighted by atomic mass is 10.1. The first-order valence-electron chi connectivity index (χ1n) is 5.60. The van der Waals surface area contributed by atoms with Crippen LogP contribution in [0.1, 0.15) is 38.3 Å². The molecule has 1 heterocycles. The summed E-state index contributed by atoms with van der Waals surface area (Å²) in [7, 11) is 0. The van der Waals surface area contributed by atoms with Crippen LogP contribution in [-0.4, -0.2) is 15.5 Å². The predicted molar refractivity (Wildman–Crippen MR) is 63.8 cm³/mol. The SMILES string of the molecule is CCCCn1c(=O)cc(C(C)C(N)=O)[nH]c1=O. The van der Waals surface area contributed by atoms with E-state index >= 15 is 0 Å². The summed E-state index contributed by atoms with van der Waals surface area (Å²) in [6.45, 7) is 3.90. The minimum atomic E-state index is -0.670. The maximum atomic E-state index is 11.7. The predicted octanol–water partition coefficient (Wildman–Crippen LogP) is -0.0745. The van der Waals surface area contributed by atoms with Crippen LogP contribution in [0.4, 0.5) is 0 Å². The Hall–Kier alpha value is -1.85. The lowest BCUT2D eigenvalue weighted by molar-refractivity contribution is -0.119. The van der Waals surface area contributed by atoms with Crippen molar-refractivity contribution in [3.8, 4) is 0 Å². The molecule has 0 bridgehead atoms. The van der Waals surface area contributed by atoms with Crippen LogP contribution in [0.3, 0.4) is 0 Å². The van der Waals surface area contributed by atoms with Gasteiger partial charge in [-0.3, -0.25) is 14.2 Å². The summed E-state index contributed by atoms with van der Waals surface area (Å²) >= 11 is 0.